The molecule has 2 N–H and O–H groups in total. The zero-order valence-corrected chi connectivity index (χ0v) is 11.9. The first-order valence-electron chi connectivity index (χ1n) is 7.90. The normalized spacial score (nSPS) is 23.9. The van der Waals surface area contributed by atoms with Crippen LogP contribution in [0.1, 0.15) is 44.9 Å². The Morgan fingerprint density at radius 2 is 1.60 bits per heavy atom. The summed E-state index contributed by atoms with van der Waals surface area (Å²) in [6.07, 6.45) is 6.94. The first-order chi connectivity index (χ1) is 9.63. The van der Waals surface area contributed by atoms with Gasteiger partial charge in [-0.2, -0.15) is 0 Å². The van der Waals surface area contributed by atoms with Crippen molar-refractivity contribution >= 4 is 12.0 Å². The van der Waals surface area contributed by atoms with Gasteiger partial charge in [-0.3, -0.25) is 4.79 Å². The molecule has 20 heavy (non-hydrogen) atoms. The monoisotopic (exact) mass is 280 g/mol. The number of likely N-dealkylation sites (tertiary alicyclic amines) is 1. The number of amides is 2. The fourth-order valence-electron chi connectivity index (χ4n) is 3.35. The van der Waals surface area contributed by atoms with E-state index in [2.05, 4.69) is 5.32 Å². The second-order valence-electron chi connectivity index (χ2n) is 6.68. The molecule has 2 aliphatic carbocycles. The number of carbonyl (C=O) groups excluding carboxylic acids is 1. The first-order valence-corrected chi connectivity index (χ1v) is 7.90. The van der Waals surface area contributed by atoms with E-state index >= 15 is 0 Å². The van der Waals surface area contributed by atoms with Gasteiger partial charge in [-0.15, -0.1) is 0 Å². The van der Waals surface area contributed by atoms with Crippen molar-refractivity contribution in [3.63, 3.8) is 0 Å². The molecule has 2 amide bonds. The van der Waals surface area contributed by atoms with E-state index in [9.17, 15) is 9.59 Å². The molecule has 5 nitrogen and oxygen atoms in total. The highest BCUT2D eigenvalue weighted by molar-refractivity contribution is 5.75. The lowest BCUT2D eigenvalue weighted by Gasteiger charge is -2.33. The second-order valence-corrected chi connectivity index (χ2v) is 6.68. The van der Waals surface area contributed by atoms with Crippen molar-refractivity contribution in [2.24, 2.45) is 17.8 Å². The van der Waals surface area contributed by atoms with Crippen molar-refractivity contribution in [3.8, 4) is 0 Å². The molecule has 0 bridgehead atoms. The van der Waals surface area contributed by atoms with Crippen LogP contribution >= 0.6 is 0 Å². The summed E-state index contributed by atoms with van der Waals surface area (Å²) in [6.45, 7) is 1.40. The van der Waals surface area contributed by atoms with Crippen LogP contribution in [-0.2, 0) is 4.79 Å². The Balaban J connectivity index is 1.45. The second kappa shape index (κ2) is 5.62. The van der Waals surface area contributed by atoms with E-state index in [1.165, 1.54) is 25.7 Å². The van der Waals surface area contributed by atoms with E-state index < -0.39 is 5.97 Å². The van der Waals surface area contributed by atoms with Gasteiger partial charge >= 0.3 is 12.0 Å². The largest absolute Gasteiger partial charge is 0.481 e. The predicted molar refractivity (Wildman–Crippen MR) is 74.3 cm³/mol. The van der Waals surface area contributed by atoms with E-state index in [4.69, 9.17) is 5.11 Å². The highest BCUT2D eigenvalue weighted by atomic mass is 16.4. The molecule has 1 heterocycles. The van der Waals surface area contributed by atoms with Gasteiger partial charge in [0, 0.05) is 25.6 Å². The summed E-state index contributed by atoms with van der Waals surface area (Å²) in [5, 5.41) is 12.0. The van der Waals surface area contributed by atoms with Crippen molar-refractivity contribution in [3.05, 3.63) is 0 Å². The Morgan fingerprint density at radius 1 is 1.05 bits per heavy atom. The van der Waals surface area contributed by atoms with Gasteiger partial charge in [0.1, 0.15) is 0 Å². The Labute approximate surface area is 119 Å². The average Bonchev–Trinajstić information content (AvgIpc) is 3.28. The number of urea groups is 1. The first kappa shape index (κ1) is 13.7. The van der Waals surface area contributed by atoms with Crippen LogP contribution in [-0.4, -0.2) is 41.1 Å². The number of rotatable bonds is 5. The summed E-state index contributed by atoms with van der Waals surface area (Å²) < 4.78 is 0. The van der Waals surface area contributed by atoms with Gasteiger partial charge in [-0.1, -0.05) is 0 Å². The van der Waals surface area contributed by atoms with Crippen molar-refractivity contribution in [1.82, 2.24) is 10.2 Å². The molecule has 0 spiro atoms. The van der Waals surface area contributed by atoms with Crippen LogP contribution in [0, 0.1) is 17.8 Å². The number of hydrogen-bond donors (Lipinski definition) is 2. The molecule has 0 aromatic heterocycles. The zero-order chi connectivity index (χ0) is 14.1. The van der Waals surface area contributed by atoms with E-state index in [0.29, 0.717) is 19.1 Å². The fraction of sp³-hybridized carbons (Fsp3) is 0.867. The number of aliphatic carboxylic acids is 1. The molecule has 0 aromatic carbocycles. The molecule has 112 valence electrons. The minimum atomic E-state index is -0.726. The maximum absolute atomic E-state index is 12.3. The van der Waals surface area contributed by atoms with Gasteiger partial charge in [0.05, 0.1) is 0 Å². The van der Waals surface area contributed by atoms with E-state index in [1.54, 1.807) is 0 Å². The van der Waals surface area contributed by atoms with Crippen molar-refractivity contribution in [1.29, 1.82) is 0 Å². The van der Waals surface area contributed by atoms with Gasteiger partial charge < -0.3 is 15.3 Å². The molecule has 1 saturated heterocycles. The molecule has 0 aromatic rings. The van der Waals surface area contributed by atoms with Crippen LogP contribution in [0.15, 0.2) is 0 Å². The topological polar surface area (TPSA) is 69.6 Å². The SMILES string of the molecule is O=C(O)CC1CCN(C(=O)NC(C2CC2)C2CC2)CC1. The van der Waals surface area contributed by atoms with Gasteiger partial charge in [-0.25, -0.2) is 4.79 Å². The molecule has 5 heteroatoms. The summed E-state index contributed by atoms with van der Waals surface area (Å²) in [7, 11) is 0. The number of hydrogen-bond acceptors (Lipinski definition) is 2. The van der Waals surface area contributed by atoms with Crippen LogP contribution in [0.2, 0.25) is 0 Å². The van der Waals surface area contributed by atoms with Crippen LogP contribution in [0.5, 0.6) is 0 Å². The maximum atomic E-state index is 12.3. The predicted octanol–water partition coefficient (Wildman–Crippen LogP) is 2.07. The van der Waals surface area contributed by atoms with Crippen LogP contribution < -0.4 is 5.32 Å². The number of carbonyl (C=O) groups is 2. The molecular weight excluding hydrogens is 256 g/mol. The Kier molecular flexibility index (Phi) is 3.85. The summed E-state index contributed by atoms with van der Waals surface area (Å²) in [5.41, 5.74) is 0. The van der Waals surface area contributed by atoms with Crippen LogP contribution in [0.3, 0.4) is 0 Å². The summed E-state index contributed by atoms with van der Waals surface area (Å²) in [4.78, 5) is 24.9. The third-order valence-electron chi connectivity index (χ3n) is 4.91. The lowest BCUT2D eigenvalue weighted by Crippen LogP contribution is -2.49. The molecule has 3 aliphatic rings. The van der Waals surface area contributed by atoms with Gasteiger partial charge in [0.15, 0.2) is 0 Å². The fourth-order valence-corrected chi connectivity index (χ4v) is 3.35. The Bertz CT molecular complexity index is 371. The quantitative estimate of drug-likeness (QED) is 0.810. The third kappa shape index (κ3) is 3.44. The van der Waals surface area contributed by atoms with Crippen molar-refractivity contribution in [2.75, 3.05) is 13.1 Å². The molecule has 0 atom stereocenters. The maximum Gasteiger partial charge on any atom is 0.317 e. The average molecular weight is 280 g/mol. The lowest BCUT2D eigenvalue weighted by atomic mass is 9.94. The summed E-state index contributed by atoms with van der Waals surface area (Å²) >= 11 is 0. The van der Waals surface area contributed by atoms with Gasteiger partial charge in [0.25, 0.3) is 0 Å². The van der Waals surface area contributed by atoms with Gasteiger partial charge in [0.2, 0.25) is 0 Å². The Hall–Kier alpha value is -1.26. The standard InChI is InChI=1S/C15H24N2O3/c18-13(19)9-10-5-7-17(8-6-10)15(20)16-14(11-1-2-11)12-3-4-12/h10-12,14H,1-9H2,(H,16,20)(H,18,19). The zero-order valence-electron chi connectivity index (χ0n) is 11.9. The molecule has 3 rings (SSSR count). The minimum Gasteiger partial charge on any atom is -0.481 e. The molecule has 1 aliphatic heterocycles. The van der Waals surface area contributed by atoms with Gasteiger partial charge in [-0.05, 0) is 56.3 Å². The molecule has 0 radical (unpaired) electrons. The van der Waals surface area contributed by atoms with E-state index in [1.807, 2.05) is 4.90 Å². The third-order valence-corrected chi connectivity index (χ3v) is 4.91. The smallest absolute Gasteiger partial charge is 0.317 e. The molecule has 0 unspecified atom stereocenters. The Morgan fingerprint density at radius 3 is 2.05 bits per heavy atom. The highest BCUT2D eigenvalue weighted by Gasteiger charge is 2.42. The van der Waals surface area contributed by atoms with Crippen LogP contribution in [0.4, 0.5) is 4.79 Å². The molecular formula is C15H24N2O3. The number of nitrogens with one attached hydrogen (secondary N) is 1. The van der Waals surface area contributed by atoms with E-state index in [-0.39, 0.29) is 18.4 Å². The molecule has 3 fully saturated rings. The van der Waals surface area contributed by atoms with Crippen molar-refractivity contribution < 1.29 is 14.7 Å². The minimum absolute atomic E-state index is 0.0718. The number of carboxylic acid groups (broad SMARTS) is 1. The number of nitrogens with zero attached hydrogens (tertiary/aromatic N) is 1. The highest BCUT2D eigenvalue weighted by Crippen LogP contribution is 2.44. The number of piperidine rings is 1. The van der Waals surface area contributed by atoms with E-state index in [0.717, 1.165) is 24.7 Å². The number of carboxylic acids is 1. The summed E-state index contributed by atoms with van der Waals surface area (Å²) in [5.74, 6) is 0.946. The van der Waals surface area contributed by atoms with Crippen molar-refractivity contribution in [2.45, 2.75) is 51.0 Å². The molecule has 2 saturated carbocycles. The van der Waals surface area contributed by atoms with Crippen LogP contribution in [0.25, 0.3) is 0 Å². The summed E-state index contributed by atoms with van der Waals surface area (Å²) in [6, 6.07) is 0.474. The lowest BCUT2D eigenvalue weighted by molar-refractivity contribution is -0.138.